The number of aromatic nitrogens is 2. The van der Waals surface area contributed by atoms with E-state index in [9.17, 15) is 24.0 Å². The quantitative estimate of drug-likeness (QED) is 0.102. The summed E-state index contributed by atoms with van der Waals surface area (Å²) in [6, 6.07) is 43.0. The molecule has 0 atom stereocenters. The Morgan fingerprint density at radius 1 is 0.481 bits per heavy atom. The molecule has 6 aromatic rings. The second-order valence-corrected chi connectivity index (χ2v) is 11.9. The molecular weight excluding hydrogens is 711 g/mol. The molecule has 2 heterocycles. The number of benzene rings is 4. The predicted octanol–water partition coefficient (Wildman–Crippen LogP) is 6.56. The maximum atomic E-state index is 11.8. The second kappa shape index (κ2) is 25.3. The molecule has 261 valence electrons. The van der Waals surface area contributed by atoms with Gasteiger partial charge in [0.15, 0.2) is 11.6 Å². The van der Waals surface area contributed by atoms with Gasteiger partial charge in [-0.25, -0.2) is 0 Å². The molecule has 0 aliphatic heterocycles. The first kappa shape index (κ1) is 44.3. The van der Waals surface area contributed by atoms with Gasteiger partial charge in [0.25, 0.3) is 0 Å². The number of hydrogen-bond acceptors (Lipinski definition) is 7. The molecule has 0 saturated carbocycles. The zero-order valence-corrected chi connectivity index (χ0v) is 30.7. The van der Waals surface area contributed by atoms with Crippen molar-refractivity contribution in [3.8, 4) is 11.1 Å². The number of nitrogens with zero attached hydrogens (tertiary/aromatic N) is 2. The van der Waals surface area contributed by atoms with Crippen molar-refractivity contribution in [2.45, 2.75) is 0 Å². The molecule has 0 aliphatic carbocycles. The third-order valence-corrected chi connectivity index (χ3v) is 6.45. The van der Waals surface area contributed by atoms with Crippen molar-refractivity contribution in [1.82, 2.24) is 9.97 Å². The van der Waals surface area contributed by atoms with Crippen LogP contribution in [0.5, 0.6) is 0 Å². The van der Waals surface area contributed by atoms with Crippen molar-refractivity contribution in [2.24, 2.45) is 0 Å². The molecule has 52 heavy (non-hydrogen) atoms. The van der Waals surface area contributed by atoms with Crippen LogP contribution in [0.25, 0.3) is 22.6 Å². The molecule has 2 aromatic heterocycles. The standard InChI is InChI=1S/2C15H12O2.C10H8N2.C2H6OS.O.V/c2*16-14(12-7-3-1-4-8-12)11-15(17)13-9-5-2-6-10-13;1-5-11-6-2-9(1)10-3-7-12-8-4-10;1-4(2)3;;/h2*1-11,16H;1-8H;1-2H3;;/q;;;;-2;+4/p-2/b2*14-11-;;;;. The molecule has 0 spiro atoms. The molecular formula is C42H36N2O6SV. The summed E-state index contributed by atoms with van der Waals surface area (Å²) < 4.78 is 9.56. The van der Waals surface area contributed by atoms with Gasteiger partial charge >= 0.3 is 18.6 Å². The van der Waals surface area contributed by atoms with Gasteiger partial charge in [-0.05, 0) is 58.7 Å². The fourth-order valence-corrected chi connectivity index (χ4v) is 4.07. The van der Waals surface area contributed by atoms with E-state index in [0.29, 0.717) is 22.3 Å². The minimum absolute atomic E-state index is 0. The molecule has 10 heteroatoms. The van der Waals surface area contributed by atoms with E-state index in [1.807, 2.05) is 48.5 Å². The summed E-state index contributed by atoms with van der Waals surface area (Å²) in [5, 5.41) is 23.5. The molecule has 6 rings (SSSR count). The van der Waals surface area contributed by atoms with E-state index in [0.717, 1.165) is 12.2 Å². The molecule has 8 nitrogen and oxygen atoms in total. The van der Waals surface area contributed by atoms with Crippen LogP contribution >= 0.6 is 0 Å². The van der Waals surface area contributed by atoms with Crippen molar-refractivity contribution >= 4 is 33.9 Å². The van der Waals surface area contributed by atoms with E-state index in [1.54, 1.807) is 134 Å². The molecule has 0 amide bonds. The van der Waals surface area contributed by atoms with Crippen LogP contribution in [-0.4, -0.2) is 38.3 Å². The third kappa shape index (κ3) is 16.8. The van der Waals surface area contributed by atoms with Crippen LogP contribution in [0.3, 0.4) is 0 Å². The topological polar surface area (TPSA) is 152 Å². The fraction of sp³-hybridized carbons (Fsp3) is 0.0476. The second-order valence-electron chi connectivity index (χ2n) is 10.4. The zero-order valence-electron chi connectivity index (χ0n) is 28.5. The van der Waals surface area contributed by atoms with Gasteiger partial charge in [-0.3, -0.25) is 23.8 Å². The van der Waals surface area contributed by atoms with Crippen molar-refractivity contribution in [2.75, 3.05) is 12.5 Å². The smallest absolute Gasteiger partial charge is 2.00 e. The molecule has 1 radical (unpaired) electrons. The Bertz CT molecular complexity index is 1820. The van der Waals surface area contributed by atoms with Crippen LogP contribution < -0.4 is 10.2 Å². The number of pyridine rings is 2. The van der Waals surface area contributed by atoms with Gasteiger partial charge in [-0.2, -0.15) is 0 Å². The van der Waals surface area contributed by atoms with Crippen molar-refractivity contribution in [1.29, 1.82) is 0 Å². The molecule has 0 aliphatic rings. The first-order valence-electron chi connectivity index (χ1n) is 15.4. The summed E-state index contributed by atoms with van der Waals surface area (Å²) in [6.07, 6.45) is 12.7. The van der Waals surface area contributed by atoms with Gasteiger partial charge in [-0.1, -0.05) is 133 Å². The summed E-state index contributed by atoms with van der Waals surface area (Å²) in [6.45, 7) is 0. The van der Waals surface area contributed by atoms with E-state index in [4.69, 9.17) is 0 Å². The fourth-order valence-electron chi connectivity index (χ4n) is 4.07. The summed E-state index contributed by atoms with van der Waals surface area (Å²) >= 11 is 0. The number of rotatable bonds is 7. The van der Waals surface area contributed by atoms with Gasteiger partial charge in [-0.15, -0.1) is 0 Å². The Morgan fingerprint density at radius 2 is 0.712 bits per heavy atom. The number of allylic oxidation sites excluding steroid dienone is 2. The molecule has 0 fully saturated rings. The average molecular weight is 748 g/mol. The molecule has 0 unspecified atom stereocenters. The number of carbonyl (C=O) groups excluding carboxylic acids is 2. The Hall–Kier alpha value is -5.71. The van der Waals surface area contributed by atoms with Crippen LogP contribution in [0.1, 0.15) is 31.8 Å². The van der Waals surface area contributed by atoms with Gasteiger partial charge in [0.05, 0.1) is 0 Å². The Kier molecular flexibility index (Phi) is 21.5. The van der Waals surface area contributed by atoms with Crippen LogP contribution in [-0.2, 0) is 34.8 Å². The SMILES string of the molecule is CS(C)=O.O=C(/C=C(\[O-])c1ccccc1)c1ccccc1.O=C(/C=C(\[O-])c1ccccc1)c1ccccc1.[O-2].[V+4].c1cc(-c2ccncc2)ccn1. The Morgan fingerprint density at radius 3 is 0.962 bits per heavy atom. The van der Waals surface area contributed by atoms with Crippen LogP contribution in [0.15, 0.2) is 183 Å². The van der Waals surface area contributed by atoms with Gasteiger partial charge < -0.3 is 15.7 Å². The minimum Gasteiger partial charge on any atom is -2.00 e. The van der Waals surface area contributed by atoms with Gasteiger partial charge in [0, 0.05) is 59.2 Å². The maximum absolute atomic E-state index is 11.8. The zero-order chi connectivity index (χ0) is 36.0. The molecule has 0 N–H and O–H groups in total. The van der Waals surface area contributed by atoms with E-state index in [-0.39, 0.29) is 47.1 Å². The number of ketones is 2. The minimum atomic E-state index is -0.611. The van der Waals surface area contributed by atoms with Crippen LogP contribution in [0.2, 0.25) is 0 Å². The molecule has 0 saturated heterocycles. The van der Waals surface area contributed by atoms with E-state index < -0.39 is 10.8 Å². The van der Waals surface area contributed by atoms with Crippen molar-refractivity contribution in [3.05, 3.63) is 205 Å². The predicted molar refractivity (Wildman–Crippen MR) is 199 cm³/mol. The summed E-state index contributed by atoms with van der Waals surface area (Å²) in [5.41, 5.74) is 4.45. The monoisotopic (exact) mass is 747 g/mol. The van der Waals surface area contributed by atoms with Crippen molar-refractivity contribution < 1.29 is 48.0 Å². The summed E-state index contributed by atoms with van der Waals surface area (Å²) in [4.78, 5) is 31.4. The molecule has 0 bridgehead atoms. The third-order valence-electron chi connectivity index (χ3n) is 6.45. The summed E-state index contributed by atoms with van der Waals surface area (Å²) in [7, 11) is -0.611. The van der Waals surface area contributed by atoms with E-state index >= 15 is 0 Å². The van der Waals surface area contributed by atoms with Crippen LogP contribution in [0, 0.1) is 0 Å². The molecule has 4 aromatic carbocycles. The maximum Gasteiger partial charge on any atom is 4.00 e. The normalized spacial score (nSPS) is 10.2. The van der Waals surface area contributed by atoms with Gasteiger partial charge in [0.1, 0.15) is 0 Å². The Labute approximate surface area is 318 Å². The average Bonchev–Trinajstić information content (AvgIpc) is 3.17. The Balaban J connectivity index is 0.000000368. The van der Waals surface area contributed by atoms with Crippen LogP contribution in [0.4, 0.5) is 0 Å². The van der Waals surface area contributed by atoms with E-state index in [1.165, 1.54) is 11.1 Å². The van der Waals surface area contributed by atoms with Crippen molar-refractivity contribution in [3.63, 3.8) is 0 Å². The summed E-state index contributed by atoms with van der Waals surface area (Å²) in [5.74, 6) is -1.06. The first-order chi connectivity index (χ1) is 24.2. The van der Waals surface area contributed by atoms with Gasteiger partial charge in [0.2, 0.25) is 0 Å². The van der Waals surface area contributed by atoms with E-state index in [2.05, 4.69) is 9.97 Å². The largest absolute Gasteiger partial charge is 4.00 e. The number of carbonyl (C=O) groups is 2. The number of hydrogen-bond donors (Lipinski definition) is 0. The first-order valence-corrected chi connectivity index (χ1v) is 17.3.